The van der Waals surface area contributed by atoms with Crippen LogP contribution < -0.4 is 11.1 Å². The van der Waals surface area contributed by atoms with Gasteiger partial charge in [-0.25, -0.2) is 9.97 Å². The number of benzene rings is 3. The fraction of sp³-hybridized carbons (Fsp3) is 0.102. The van der Waals surface area contributed by atoms with Gasteiger partial charge in [-0.2, -0.15) is 0 Å². The second-order valence-electron chi connectivity index (χ2n) is 14.1. The lowest BCUT2D eigenvalue weighted by molar-refractivity contribution is 0.753. The predicted molar refractivity (Wildman–Crippen MR) is 238 cm³/mol. The Labute approximate surface area is 340 Å². The summed E-state index contributed by atoms with van der Waals surface area (Å²) in [4.78, 5) is 55.4. The van der Waals surface area contributed by atoms with Gasteiger partial charge >= 0.3 is 0 Å². The van der Waals surface area contributed by atoms with Crippen LogP contribution in [-0.2, 0) is 12.8 Å². The van der Waals surface area contributed by atoms with Crippen molar-refractivity contribution >= 4 is 46.4 Å². The van der Waals surface area contributed by atoms with Crippen molar-refractivity contribution in [1.29, 1.82) is 0 Å². The van der Waals surface area contributed by atoms with Crippen molar-refractivity contribution in [3.63, 3.8) is 0 Å². The smallest absolute Gasteiger partial charge is 0.260 e. The van der Waals surface area contributed by atoms with Crippen LogP contribution in [0.4, 0.5) is 0 Å². The summed E-state index contributed by atoms with van der Waals surface area (Å²) < 4.78 is 0. The molecule has 0 bridgehead atoms. The zero-order valence-electron chi connectivity index (χ0n) is 32.5. The topological polar surface area (TPSA) is 149 Å². The minimum Gasteiger partial charge on any atom is -0.339 e. The highest BCUT2D eigenvalue weighted by atomic mass is 16.1. The van der Waals surface area contributed by atoms with Gasteiger partial charge in [-0.05, 0) is 71.7 Å². The number of pyridine rings is 2. The molecule has 4 N–H and O–H groups in total. The van der Waals surface area contributed by atoms with Crippen molar-refractivity contribution in [3.05, 3.63) is 200 Å². The zero-order chi connectivity index (χ0) is 40.4. The molecular weight excluding hydrogens is 733 g/mol. The molecule has 0 spiro atoms. The van der Waals surface area contributed by atoms with Crippen LogP contribution in [-0.4, -0.2) is 39.9 Å². The average Bonchev–Trinajstić information content (AvgIpc) is 3.92. The number of aromatic amines is 4. The number of unbranched alkanes of at least 4 members (excludes halogenated alkanes) is 1. The first-order valence-corrected chi connectivity index (χ1v) is 19.6. The van der Waals surface area contributed by atoms with E-state index in [1.807, 2.05) is 152 Å². The van der Waals surface area contributed by atoms with Gasteiger partial charge in [-0.1, -0.05) is 116 Å². The van der Waals surface area contributed by atoms with Gasteiger partial charge in [0.25, 0.3) is 11.1 Å². The standard InChI is InChI=1S/C26H20N4O.C23H22N4O/c31-26-22-17-23(28-25(22)29-24(30-26)15-19-9-5-2-6-10-19)20-13-14-27-21(16-20)12-11-18-7-3-1-4-8-18;1-2-3-9-21-26-22-19(23(28)27-21)15-20(25-22)17-12-13-24-18(14-17)11-10-16-7-5-4-6-8-16/h1-14,16-17H,15H2,(H2,28,29,30,31);4-8,10-15H,2-3,9H2,1H3,(H2,25,26,27,28)/b12-11+;11-10+. The number of hydrogen-bond acceptors (Lipinski definition) is 6. The summed E-state index contributed by atoms with van der Waals surface area (Å²) in [5, 5.41) is 1.12. The van der Waals surface area contributed by atoms with E-state index in [4.69, 9.17) is 0 Å². The third-order valence-electron chi connectivity index (χ3n) is 9.75. The van der Waals surface area contributed by atoms with E-state index in [9.17, 15) is 9.59 Å². The highest BCUT2D eigenvalue weighted by Gasteiger charge is 2.12. The Morgan fingerprint density at radius 1 is 0.525 bits per heavy atom. The molecule has 0 radical (unpaired) electrons. The minimum absolute atomic E-state index is 0.100. The molecule has 59 heavy (non-hydrogen) atoms. The molecule has 0 unspecified atom stereocenters. The lowest BCUT2D eigenvalue weighted by Gasteiger charge is -2.01. The van der Waals surface area contributed by atoms with Gasteiger partial charge in [-0.3, -0.25) is 19.6 Å². The van der Waals surface area contributed by atoms with Crippen LogP contribution >= 0.6 is 0 Å². The van der Waals surface area contributed by atoms with E-state index in [0.717, 1.165) is 75.7 Å². The van der Waals surface area contributed by atoms with Crippen molar-refractivity contribution in [3.8, 4) is 22.5 Å². The average molecular weight is 775 g/mol. The molecule has 0 saturated heterocycles. The van der Waals surface area contributed by atoms with E-state index < -0.39 is 0 Å². The number of hydrogen-bond donors (Lipinski definition) is 4. The Kier molecular flexibility index (Phi) is 11.7. The fourth-order valence-electron chi connectivity index (χ4n) is 6.68. The number of H-pyrrole nitrogens is 4. The van der Waals surface area contributed by atoms with Crippen LogP contribution in [0.3, 0.4) is 0 Å². The number of rotatable bonds is 11. The van der Waals surface area contributed by atoms with Gasteiger partial charge < -0.3 is 19.9 Å². The molecule has 290 valence electrons. The molecule has 6 heterocycles. The molecule has 0 fully saturated rings. The maximum absolute atomic E-state index is 12.6. The summed E-state index contributed by atoms with van der Waals surface area (Å²) in [6, 6.07) is 41.7. The molecule has 0 amide bonds. The number of fused-ring (bicyclic) bond motifs is 2. The van der Waals surface area contributed by atoms with Crippen molar-refractivity contribution in [2.24, 2.45) is 0 Å². The molecule has 6 aromatic heterocycles. The van der Waals surface area contributed by atoms with Crippen LogP contribution in [0.5, 0.6) is 0 Å². The van der Waals surface area contributed by atoms with Crippen LogP contribution in [0.15, 0.2) is 149 Å². The van der Waals surface area contributed by atoms with Crippen molar-refractivity contribution in [2.45, 2.75) is 32.6 Å². The first-order valence-electron chi connectivity index (χ1n) is 19.6. The molecular formula is C49H42N8O2. The number of nitrogens with zero attached hydrogens (tertiary/aromatic N) is 4. The molecule has 9 aromatic rings. The third kappa shape index (κ3) is 9.64. The maximum Gasteiger partial charge on any atom is 0.260 e. The third-order valence-corrected chi connectivity index (χ3v) is 9.75. The van der Waals surface area contributed by atoms with Gasteiger partial charge in [0.05, 0.1) is 22.2 Å². The summed E-state index contributed by atoms with van der Waals surface area (Å²) in [6.07, 6.45) is 15.0. The first kappa shape index (κ1) is 38.2. The van der Waals surface area contributed by atoms with Gasteiger partial charge in [0.15, 0.2) is 0 Å². The van der Waals surface area contributed by atoms with E-state index in [-0.39, 0.29) is 11.1 Å². The zero-order valence-corrected chi connectivity index (χ0v) is 32.5. The number of aryl methyl sites for hydroxylation is 1. The Hall–Kier alpha value is -7.72. The molecule has 0 saturated carbocycles. The Bertz CT molecular complexity index is 3000. The molecule has 10 heteroatoms. The monoisotopic (exact) mass is 774 g/mol. The summed E-state index contributed by atoms with van der Waals surface area (Å²) in [7, 11) is 0. The number of nitrogens with one attached hydrogen (secondary N) is 4. The van der Waals surface area contributed by atoms with Crippen LogP contribution in [0.25, 0.3) is 68.9 Å². The number of aromatic nitrogens is 8. The predicted octanol–water partition coefficient (Wildman–Crippen LogP) is 9.90. The Balaban J connectivity index is 0.000000165. The normalized spacial score (nSPS) is 11.4. The molecule has 0 aliphatic heterocycles. The van der Waals surface area contributed by atoms with Crippen LogP contribution in [0.1, 0.15) is 59.5 Å². The van der Waals surface area contributed by atoms with Gasteiger partial charge in [-0.15, -0.1) is 0 Å². The summed E-state index contributed by atoms with van der Waals surface area (Å²) in [5.74, 6) is 1.37. The van der Waals surface area contributed by atoms with Crippen LogP contribution in [0, 0.1) is 0 Å². The summed E-state index contributed by atoms with van der Waals surface area (Å²) >= 11 is 0. The van der Waals surface area contributed by atoms with Crippen molar-refractivity contribution in [2.75, 3.05) is 0 Å². The largest absolute Gasteiger partial charge is 0.339 e. The van der Waals surface area contributed by atoms with Crippen molar-refractivity contribution in [1.82, 2.24) is 39.9 Å². The second kappa shape index (κ2) is 18.0. The SMILES string of the molecule is CCCCc1nc2[nH]c(-c3ccnc(/C=C/c4ccccc4)c3)cc2c(=O)[nH]1.O=c1[nH]c(Cc2ccccc2)nc2[nH]c(-c3ccnc(/C=C/c4ccccc4)c3)cc12. The summed E-state index contributed by atoms with van der Waals surface area (Å²) in [6.45, 7) is 2.12. The minimum atomic E-state index is -0.142. The Morgan fingerprint density at radius 2 is 1.00 bits per heavy atom. The highest BCUT2D eigenvalue weighted by molar-refractivity contribution is 5.84. The van der Waals surface area contributed by atoms with Crippen molar-refractivity contribution < 1.29 is 0 Å². The van der Waals surface area contributed by atoms with E-state index in [1.54, 1.807) is 12.4 Å². The summed E-state index contributed by atoms with van der Waals surface area (Å²) in [5.41, 5.74) is 9.61. The van der Waals surface area contributed by atoms with Gasteiger partial charge in [0.2, 0.25) is 0 Å². The molecule has 9 rings (SSSR count). The molecule has 0 aliphatic carbocycles. The molecule has 0 aliphatic rings. The molecule has 3 aromatic carbocycles. The van der Waals surface area contributed by atoms with Crippen LogP contribution in [0.2, 0.25) is 0 Å². The maximum atomic E-state index is 12.6. The molecule has 10 nitrogen and oxygen atoms in total. The van der Waals surface area contributed by atoms with E-state index in [2.05, 4.69) is 46.8 Å². The van der Waals surface area contributed by atoms with E-state index in [0.29, 0.717) is 34.3 Å². The lowest BCUT2D eigenvalue weighted by atomic mass is 10.1. The highest BCUT2D eigenvalue weighted by Crippen LogP contribution is 2.24. The Morgan fingerprint density at radius 3 is 1.51 bits per heavy atom. The second-order valence-corrected chi connectivity index (χ2v) is 14.1. The van der Waals surface area contributed by atoms with Gasteiger partial charge in [0.1, 0.15) is 22.9 Å². The molecule has 0 atom stereocenters. The van der Waals surface area contributed by atoms with Gasteiger partial charge in [0, 0.05) is 47.8 Å². The van der Waals surface area contributed by atoms with E-state index >= 15 is 0 Å². The first-order chi connectivity index (χ1) is 29.0. The van der Waals surface area contributed by atoms with E-state index in [1.165, 1.54) is 0 Å². The quantitative estimate of drug-likeness (QED) is 0.103. The fourth-order valence-corrected chi connectivity index (χ4v) is 6.68. The lowest BCUT2D eigenvalue weighted by Crippen LogP contribution is -2.11.